The standard InChI is InChI=1S/C13H17N3O3S/c14-11(17)6-3-7-16-12(18)8-19-10-5-2-1-4-9(10)13(15)20/h1-2,4-5H,3,6-8H2,(H2,14,17)(H2,15,20)(H,16,18). The minimum atomic E-state index is -0.388. The Morgan fingerprint density at radius 1 is 1.25 bits per heavy atom. The van der Waals surface area contributed by atoms with Gasteiger partial charge in [0.1, 0.15) is 10.7 Å². The van der Waals surface area contributed by atoms with Gasteiger partial charge in [0.15, 0.2) is 6.61 Å². The minimum absolute atomic E-state index is 0.143. The van der Waals surface area contributed by atoms with Crippen molar-refractivity contribution in [3.8, 4) is 5.75 Å². The Kier molecular flexibility index (Phi) is 6.45. The Bertz CT molecular complexity index is 505. The van der Waals surface area contributed by atoms with Gasteiger partial charge in [-0.25, -0.2) is 0 Å². The molecule has 0 fully saturated rings. The largest absolute Gasteiger partial charge is 0.483 e. The molecule has 0 heterocycles. The zero-order valence-corrected chi connectivity index (χ0v) is 11.7. The lowest BCUT2D eigenvalue weighted by Crippen LogP contribution is -2.30. The van der Waals surface area contributed by atoms with Crippen molar-refractivity contribution in [3.63, 3.8) is 0 Å². The molecule has 20 heavy (non-hydrogen) atoms. The predicted octanol–water partition coefficient (Wildman–Crippen LogP) is 0.0813. The van der Waals surface area contributed by atoms with E-state index in [9.17, 15) is 9.59 Å². The van der Waals surface area contributed by atoms with Crippen molar-refractivity contribution >= 4 is 29.0 Å². The first kappa shape index (κ1) is 15.9. The second kappa shape index (κ2) is 8.11. The number of nitrogens with one attached hydrogen (secondary N) is 1. The van der Waals surface area contributed by atoms with Gasteiger partial charge in [-0.05, 0) is 18.6 Å². The monoisotopic (exact) mass is 295 g/mol. The van der Waals surface area contributed by atoms with Gasteiger partial charge in [-0.15, -0.1) is 0 Å². The Morgan fingerprint density at radius 3 is 2.60 bits per heavy atom. The fourth-order valence-corrected chi connectivity index (χ4v) is 1.65. The van der Waals surface area contributed by atoms with Crippen LogP contribution in [0.25, 0.3) is 0 Å². The SMILES string of the molecule is NC(=O)CCCNC(=O)COc1ccccc1C(N)=S. The van der Waals surface area contributed by atoms with Crippen LogP contribution < -0.4 is 21.5 Å². The molecule has 5 N–H and O–H groups in total. The predicted molar refractivity (Wildman–Crippen MR) is 79.3 cm³/mol. The lowest BCUT2D eigenvalue weighted by Gasteiger charge is -2.10. The van der Waals surface area contributed by atoms with E-state index in [1.807, 2.05) is 0 Å². The Balaban J connectivity index is 2.38. The van der Waals surface area contributed by atoms with E-state index in [2.05, 4.69) is 5.32 Å². The van der Waals surface area contributed by atoms with Crippen LogP contribution in [0.4, 0.5) is 0 Å². The van der Waals surface area contributed by atoms with Crippen LogP contribution in [-0.4, -0.2) is 30.0 Å². The van der Waals surface area contributed by atoms with Crippen LogP contribution in [0.1, 0.15) is 18.4 Å². The fourth-order valence-electron chi connectivity index (χ4n) is 1.48. The van der Waals surface area contributed by atoms with Crippen molar-refractivity contribution in [1.82, 2.24) is 5.32 Å². The van der Waals surface area contributed by atoms with Crippen LogP contribution >= 0.6 is 12.2 Å². The van der Waals surface area contributed by atoms with E-state index >= 15 is 0 Å². The molecule has 0 aliphatic rings. The molecule has 6 nitrogen and oxygen atoms in total. The van der Waals surface area contributed by atoms with Crippen LogP contribution in [0.15, 0.2) is 24.3 Å². The van der Waals surface area contributed by atoms with Gasteiger partial charge in [-0.1, -0.05) is 24.4 Å². The van der Waals surface area contributed by atoms with Crippen molar-refractivity contribution < 1.29 is 14.3 Å². The molecule has 2 amide bonds. The van der Waals surface area contributed by atoms with E-state index in [1.165, 1.54) is 0 Å². The Morgan fingerprint density at radius 2 is 1.95 bits per heavy atom. The third kappa shape index (κ3) is 5.66. The number of rotatable bonds is 8. The van der Waals surface area contributed by atoms with Crippen LogP contribution in [0.5, 0.6) is 5.75 Å². The smallest absolute Gasteiger partial charge is 0.257 e. The number of hydrogen-bond acceptors (Lipinski definition) is 4. The highest BCUT2D eigenvalue weighted by Crippen LogP contribution is 2.17. The first-order chi connectivity index (χ1) is 9.50. The molecule has 0 unspecified atom stereocenters. The summed E-state index contributed by atoms with van der Waals surface area (Å²) in [6.45, 7) is 0.234. The molecule has 1 aromatic rings. The number of primary amides is 1. The number of carbonyl (C=O) groups is 2. The van der Waals surface area contributed by atoms with Crippen LogP contribution in [-0.2, 0) is 9.59 Å². The van der Waals surface area contributed by atoms with Gasteiger partial charge in [0.25, 0.3) is 5.91 Å². The molecule has 0 aliphatic heterocycles. The van der Waals surface area contributed by atoms with E-state index < -0.39 is 0 Å². The first-order valence-corrected chi connectivity index (χ1v) is 6.48. The molecule has 0 spiro atoms. The van der Waals surface area contributed by atoms with E-state index in [1.54, 1.807) is 24.3 Å². The minimum Gasteiger partial charge on any atom is -0.483 e. The highest BCUT2D eigenvalue weighted by Gasteiger charge is 2.08. The molecule has 108 valence electrons. The highest BCUT2D eigenvalue weighted by molar-refractivity contribution is 7.80. The van der Waals surface area contributed by atoms with Gasteiger partial charge in [-0.3, -0.25) is 9.59 Å². The maximum atomic E-state index is 11.5. The summed E-state index contributed by atoms with van der Waals surface area (Å²) < 4.78 is 5.37. The van der Waals surface area contributed by atoms with Crippen molar-refractivity contribution in [2.75, 3.05) is 13.2 Å². The van der Waals surface area contributed by atoms with Crippen molar-refractivity contribution in [1.29, 1.82) is 0 Å². The zero-order valence-electron chi connectivity index (χ0n) is 10.9. The van der Waals surface area contributed by atoms with Gasteiger partial charge in [0.05, 0.1) is 5.56 Å². The number of carbonyl (C=O) groups excluding carboxylic acids is 2. The van der Waals surface area contributed by atoms with E-state index in [-0.39, 0.29) is 29.8 Å². The van der Waals surface area contributed by atoms with E-state index in [0.29, 0.717) is 24.3 Å². The number of amides is 2. The summed E-state index contributed by atoms with van der Waals surface area (Å²) >= 11 is 4.89. The molecule has 0 saturated heterocycles. The van der Waals surface area contributed by atoms with Crippen molar-refractivity contribution in [3.05, 3.63) is 29.8 Å². The molecule has 0 atom stereocenters. The highest BCUT2D eigenvalue weighted by atomic mass is 32.1. The van der Waals surface area contributed by atoms with Gasteiger partial charge in [0, 0.05) is 13.0 Å². The molecule has 0 radical (unpaired) electrons. The third-order valence-electron chi connectivity index (χ3n) is 2.43. The fraction of sp³-hybridized carbons (Fsp3) is 0.308. The van der Waals surface area contributed by atoms with Crippen molar-refractivity contribution in [2.45, 2.75) is 12.8 Å². The van der Waals surface area contributed by atoms with Crippen LogP contribution in [0.3, 0.4) is 0 Å². The lowest BCUT2D eigenvalue weighted by molar-refractivity contribution is -0.123. The summed E-state index contributed by atoms with van der Waals surface area (Å²) in [4.78, 5) is 22.3. The first-order valence-electron chi connectivity index (χ1n) is 6.07. The Labute approximate surface area is 122 Å². The topological polar surface area (TPSA) is 107 Å². The van der Waals surface area contributed by atoms with Gasteiger partial charge < -0.3 is 21.5 Å². The number of hydrogen-bond donors (Lipinski definition) is 3. The Hall–Kier alpha value is -2.15. The van der Waals surface area contributed by atoms with Crippen molar-refractivity contribution in [2.24, 2.45) is 11.5 Å². The van der Waals surface area contributed by atoms with Crippen LogP contribution in [0, 0.1) is 0 Å². The number of thiocarbonyl (C=S) groups is 1. The van der Waals surface area contributed by atoms with Gasteiger partial charge in [0.2, 0.25) is 5.91 Å². The maximum Gasteiger partial charge on any atom is 0.257 e. The average molecular weight is 295 g/mol. The summed E-state index contributed by atoms with van der Waals surface area (Å²) in [5, 5.41) is 2.62. The average Bonchev–Trinajstić information content (AvgIpc) is 2.41. The molecule has 0 aromatic heterocycles. The normalized spacial score (nSPS) is 9.80. The third-order valence-corrected chi connectivity index (χ3v) is 2.65. The number of ether oxygens (including phenoxy) is 1. The zero-order chi connectivity index (χ0) is 15.0. The molecule has 0 aliphatic carbocycles. The number of benzene rings is 1. The summed E-state index contributed by atoms with van der Waals surface area (Å²) in [5.41, 5.74) is 11.1. The molecule has 0 saturated carbocycles. The second-order valence-electron chi connectivity index (χ2n) is 4.07. The maximum absolute atomic E-state index is 11.5. The number of para-hydroxylation sites is 1. The summed E-state index contributed by atoms with van der Waals surface area (Å²) in [5.74, 6) is -0.208. The molecular weight excluding hydrogens is 278 g/mol. The van der Waals surface area contributed by atoms with Gasteiger partial charge in [-0.2, -0.15) is 0 Å². The summed E-state index contributed by atoms with van der Waals surface area (Å²) in [7, 11) is 0. The summed E-state index contributed by atoms with van der Waals surface area (Å²) in [6, 6.07) is 6.96. The van der Waals surface area contributed by atoms with Gasteiger partial charge >= 0.3 is 0 Å². The van der Waals surface area contributed by atoms with E-state index in [0.717, 1.165) is 0 Å². The molecular formula is C13H17N3O3S. The molecule has 7 heteroatoms. The van der Waals surface area contributed by atoms with Crippen LogP contribution in [0.2, 0.25) is 0 Å². The number of nitrogens with two attached hydrogens (primary N) is 2. The molecule has 1 rings (SSSR count). The molecule has 0 bridgehead atoms. The quantitative estimate of drug-likeness (QED) is 0.465. The second-order valence-corrected chi connectivity index (χ2v) is 4.51. The van der Waals surface area contributed by atoms with E-state index in [4.69, 9.17) is 28.4 Å². The summed E-state index contributed by atoms with van der Waals surface area (Å²) in [6.07, 6.45) is 0.746. The lowest BCUT2D eigenvalue weighted by atomic mass is 10.2. The molecule has 1 aromatic carbocycles.